The van der Waals surface area contributed by atoms with Crippen LogP contribution in [0.3, 0.4) is 0 Å². The van der Waals surface area contributed by atoms with Gasteiger partial charge in [-0.25, -0.2) is 0 Å². The first-order valence-corrected chi connectivity index (χ1v) is 6.74. The van der Waals surface area contributed by atoms with Crippen LogP contribution in [0.15, 0.2) is 0 Å². The van der Waals surface area contributed by atoms with E-state index in [1.54, 1.807) is 0 Å². The normalized spacial score (nSPS) is 34.2. The molecule has 2 aliphatic rings. The van der Waals surface area contributed by atoms with Crippen LogP contribution in [-0.4, -0.2) is 30.0 Å². The minimum atomic E-state index is 0.131. The molecule has 3 unspecified atom stereocenters. The van der Waals surface area contributed by atoms with Crippen LogP contribution in [0.4, 0.5) is 0 Å². The van der Waals surface area contributed by atoms with Gasteiger partial charge in [-0.05, 0) is 38.5 Å². The standard InChI is InChI=1S/C12H20ClNO2/c13-10-4-1-5-11(10)14-12(15)7-6-9-3-2-8-16-9/h9-11H,1-8H2,(H,14,15). The maximum absolute atomic E-state index is 11.7. The summed E-state index contributed by atoms with van der Waals surface area (Å²) in [7, 11) is 0. The van der Waals surface area contributed by atoms with Crippen LogP contribution >= 0.6 is 11.6 Å². The lowest BCUT2D eigenvalue weighted by atomic mass is 10.1. The molecule has 2 fully saturated rings. The Morgan fingerprint density at radius 2 is 2.19 bits per heavy atom. The second kappa shape index (κ2) is 5.87. The minimum Gasteiger partial charge on any atom is -0.378 e. The highest BCUT2D eigenvalue weighted by atomic mass is 35.5. The molecule has 4 heteroatoms. The lowest BCUT2D eigenvalue weighted by Gasteiger charge is -2.16. The number of hydrogen-bond acceptors (Lipinski definition) is 2. The Balaban J connectivity index is 1.63. The number of nitrogens with one attached hydrogen (secondary N) is 1. The average molecular weight is 246 g/mol. The monoisotopic (exact) mass is 245 g/mol. The molecule has 1 amide bonds. The van der Waals surface area contributed by atoms with E-state index in [1.165, 1.54) is 0 Å². The zero-order valence-electron chi connectivity index (χ0n) is 9.58. The van der Waals surface area contributed by atoms with Gasteiger partial charge in [0.1, 0.15) is 0 Å². The summed E-state index contributed by atoms with van der Waals surface area (Å²) in [6.07, 6.45) is 7.16. The number of carbonyl (C=O) groups is 1. The van der Waals surface area contributed by atoms with Gasteiger partial charge in [0.25, 0.3) is 0 Å². The largest absolute Gasteiger partial charge is 0.378 e. The third-order valence-electron chi connectivity index (χ3n) is 3.50. The zero-order chi connectivity index (χ0) is 11.4. The van der Waals surface area contributed by atoms with E-state index in [4.69, 9.17) is 16.3 Å². The molecule has 1 N–H and O–H groups in total. The first kappa shape index (κ1) is 12.2. The van der Waals surface area contributed by atoms with E-state index in [0.29, 0.717) is 12.5 Å². The summed E-state index contributed by atoms with van der Waals surface area (Å²) < 4.78 is 5.49. The van der Waals surface area contributed by atoms with Crippen molar-refractivity contribution >= 4 is 17.5 Å². The van der Waals surface area contributed by atoms with E-state index in [1.807, 2.05) is 0 Å². The number of halogens is 1. The molecule has 3 atom stereocenters. The number of hydrogen-bond donors (Lipinski definition) is 1. The summed E-state index contributed by atoms with van der Waals surface area (Å²) in [5.74, 6) is 0.132. The second-order valence-corrected chi connectivity index (χ2v) is 5.36. The van der Waals surface area contributed by atoms with E-state index < -0.39 is 0 Å². The van der Waals surface area contributed by atoms with Crippen molar-refractivity contribution in [1.29, 1.82) is 0 Å². The first-order valence-electron chi connectivity index (χ1n) is 6.31. The quantitative estimate of drug-likeness (QED) is 0.772. The molecule has 1 aliphatic heterocycles. The van der Waals surface area contributed by atoms with Crippen molar-refractivity contribution in [2.24, 2.45) is 0 Å². The first-order chi connectivity index (χ1) is 7.75. The Kier molecular flexibility index (Phi) is 4.47. The van der Waals surface area contributed by atoms with E-state index >= 15 is 0 Å². The van der Waals surface area contributed by atoms with Gasteiger partial charge in [-0.3, -0.25) is 4.79 Å². The molecule has 0 spiro atoms. The van der Waals surface area contributed by atoms with Gasteiger partial charge in [0, 0.05) is 19.1 Å². The van der Waals surface area contributed by atoms with Gasteiger partial charge in [-0.2, -0.15) is 0 Å². The predicted octanol–water partition coefficient (Wildman–Crippen LogP) is 2.22. The summed E-state index contributed by atoms with van der Waals surface area (Å²) in [5, 5.41) is 3.16. The van der Waals surface area contributed by atoms with Crippen molar-refractivity contribution in [2.45, 2.75) is 62.5 Å². The van der Waals surface area contributed by atoms with Gasteiger partial charge in [-0.15, -0.1) is 11.6 Å². The molecule has 0 aromatic heterocycles. The molecule has 0 aromatic rings. The van der Waals surface area contributed by atoms with Crippen LogP contribution in [0.5, 0.6) is 0 Å². The molecule has 0 bridgehead atoms. The molecule has 2 rings (SSSR count). The molecule has 92 valence electrons. The fraction of sp³-hybridized carbons (Fsp3) is 0.917. The Labute approximate surface area is 102 Å². The van der Waals surface area contributed by atoms with Crippen molar-refractivity contribution in [3.8, 4) is 0 Å². The lowest BCUT2D eigenvalue weighted by Crippen LogP contribution is -2.38. The van der Waals surface area contributed by atoms with Gasteiger partial charge >= 0.3 is 0 Å². The van der Waals surface area contributed by atoms with Gasteiger partial charge in [0.15, 0.2) is 0 Å². The van der Waals surface area contributed by atoms with Crippen LogP contribution in [0.1, 0.15) is 44.9 Å². The molecular formula is C12H20ClNO2. The van der Waals surface area contributed by atoms with E-state index in [-0.39, 0.29) is 17.3 Å². The van der Waals surface area contributed by atoms with Gasteiger partial charge < -0.3 is 10.1 Å². The van der Waals surface area contributed by atoms with E-state index in [9.17, 15) is 4.79 Å². The van der Waals surface area contributed by atoms with Gasteiger partial charge in [-0.1, -0.05) is 0 Å². The second-order valence-electron chi connectivity index (χ2n) is 4.79. The van der Waals surface area contributed by atoms with Gasteiger partial charge in [0.05, 0.1) is 11.5 Å². The molecule has 1 saturated carbocycles. The Morgan fingerprint density at radius 3 is 2.81 bits per heavy atom. The van der Waals surface area contributed by atoms with Gasteiger partial charge in [0.2, 0.25) is 5.91 Å². The van der Waals surface area contributed by atoms with Crippen molar-refractivity contribution < 1.29 is 9.53 Å². The maximum Gasteiger partial charge on any atom is 0.220 e. The Morgan fingerprint density at radius 1 is 1.31 bits per heavy atom. The molecule has 16 heavy (non-hydrogen) atoms. The summed E-state index contributed by atoms with van der Waals surface area (Å²) in [4.78, 5) is 11.7. The number of rotatable bonds is 4. The molecule has 0 radical (unpaired) electrons. The number of carbonyl (C=O) groups excluding carboxylic acids is 1. The van der Waals surface area contributed by atoms with Crippen molar-refractivity contribution in [3.63, 3.8) is 0 Å². The van der Waals surface area contributed by atoms with Crippen LogP contribution in [0, 0.1) is 0 Å². The topological polar surface area (TPSA) is 38.3 Å². The Hall–Kier alpha value is -0.280. The SMILES string of the molecule is O=C(CCC1CCCO1)NC1CCCC1Cl. The van der Waals surface area contributed by atoms with Crippen LogP contribution < -0.4 is 5.32 Å². The average Bonchev–Trinajstić information content (AvgIpc) is 2.88. The number of ether oxygens (including phenoxy) is 1. The summed E-state index contributed by atoms with van der Waals surface area (Å²) in [6.45, 7) is 0.860. The Bertz CT molecular complexity index is 241. The number of alkyl halides is 1. The maximum atomic E-state index is 11.7. The highest BCUT2D eigenvalue weighted by Crippen LogP contribution is 2.24. The molecule has 1 heterocycles. The number of amides is 1. The van der Waals surface area contributed by atoms with Crippen LogP contribution in [-0.2, 0) is 9.53 Å². The van der Waals surface area contributed by atoms with Crippen molar-refractivity contribution in [3.05, 3.63) is 0 Å². The van der Waals surface area contributed by atoms with Crippen LogP contribution in [0.2, 0.25) is 0 Å². The fourth-order valence-corrected chi connectivity index (χ4v) is 2.86. The smallest absolute Gasteiger partial charge is 0.220 e. The molecule has 1 saturated heterocycles. The zero-order valence-corrected chi connectivity index (χ0v) is 10.3. The molecule has 1 aliphatic carbocycles. The summed E-state index contributed by atoms with van der Waals surface area (Å²) in [6, 6.07) is 0.193. The molecule has 3 nitrogen and oxygen atoms in total. The van der Waals surface area contributed by atoms with Crippen LogP contribution in [0.25, 0.3) is 0 Å². The molecular weight excluding hydrogens is 226 g/mol. The van der Waals surface area contributed by atoms with E-state index in [2.05, 4.69) is 5.32 Å². The van der Waals surface area contributed by atoms with Crippen molar-refractivity contribution in [1.82, 2.24) is 5.32 Å². The van der Waals surface area contributed by atoms with E-state index in [0.717, 1.165) is 45.1 Å². The van der Waals surface area contributed by atoms with Crippen molar-refractivity contribution in [2.75, 3.05) is 6.61 Å². The highest BCUT2D eigenvalue weighted by molar-refractivity contribution is 6.21. The third kappa shape index (κ3) is 3.36. The lowest BCUT2D eigenvalue weighted by molar-refractivity contribution is -0.122. The highest BCUT2D eigenvalue weighted by Gasteiger charge is 2.26. The summed E-state index contributed by atoms with van der Waals surface area (Å²) >= 11 is 6.11. The third-order valence-corrected chi connectivity index (χ3v) is 4.02. The minimum absolute atomic E-state index is 0.131. The fourth-order valence-electron chi connectivity index (χ4n) is 2.52. The predicted molar refractivity (Wildman–Crippen MR) is 63.6 cm³/mol. The summed E-state index contributed by atoms with van der Waals surface area (Å²) in [5.41, 5.74) is 0. The molecule has 0 aromatic carbocycles.